The smallest absolute Gasteiger partial charge is 0.0546 e. The molecular weight excluding hydrogens is 282 g/mol. The van der Waals surface area contributed by atoms with Gasteiger partial charge in [-0.1, -0.05) is 30.0 Å². The van der Waals surface area contributed by atoms with Crippen molar-refractivity contribution in [3.63, 3.8) is 0 Å². The van der Waals surface area contributed by atoms with Gasteiger partial charge in [0, 0.05) is 43.5 Å². The van der Waals surface area contributed by atoms with Crippen LogP contribution in [-0.4, -0.2) is 43.8 Å². The van der Waals surface area contributed by atoms with Gasteiger partial charge in [0.2, 0.25) is 0 Å². The van der Waals surface area contributed by atoms with Crippen molar-refractivity contribution in [3.05, 3.63) is 29.3 Å². The maximum absolute atomic E-state index is 7.31. The van der Waals surface area contributed by atoms with Gasteiger partial charge >= 0.3 is 0 Å². The lowest BCUT2D eigenvalue weighted by Crippen LogP contribution is -2.36. The van der Waals surface area contributed by atoms with Gasteiger partial charge in [0.15, 0.2) is 0 Å². The molecule has 2 aliphatic heterocycles. The van der Waals surface area contributed by atoms with Crippen molar-refractivity contribution in [1.82, 2.24) is 4.90 Å². The Morgan fingerprint density at radius 2 is 2.22 bits per heavy atom. The number of nitrogens with zero attached hydrogens (tertiary/aromatic N) is 2. The summed E-state index contributed by atoms with van der Waals surface area (Å²) in [4.78, 5) is 5.08. The van der Waals surface area contributed by atoms with Gasteiger partial charge < -0.3 is 15.2 Å². The maximum atomic E-state index is 7.31. The van der Waals surface area contributed by atoms with E-state index in [9.17, 15) is 0 Å². The van der Waals surface area contributed by atoms with Gasteiger partial charge in [-0.05, 0) is 38.4 Å². The highest BCUT2D eigenvalue weighted by Crippen LogP contribution is 2.44. The molecule has 0 saturated carbocycles. The van der Waals surface area contributed by atoms with Crippen LogP contribution in [0.2, 0.25) is 0 Å². The Hall–Kier alpha value is -1.79. The average Bonchev–Trinajstić information content (AvgIpc) is 3.04. The molecule has 0 aliphatic carbocycles. The van der Waals surface area contributed by atoms with E-state index in [4.69, 9.17) is 11.8 Å². The van der Waals surface area contributed by atoms with Gasteiger partial charge in [-0.25, -0.2) is 0 Å². The van der Waals surface area contributed by atoms with E-state index >= 15 is 0 Å². The molecule has 3 atom stereocenters. The minimum Gasteiger partial charge on any atom is -0.366 e. The molecule has 122 valence electrons. The van der Waals surface area contributed by atoms with E-state index in [1.54, 1.807) is 5.56 Å². The Labute approximate surface area is 140 Å². The predicted octanol–water partition coefficient (Wildman–Crippen LogP) is 3.28. The summed E-state index contributed by atoms with van der Waals surface area (Å²) in [5.74, 6) is 3.35. The number of hydrogen-bond donors (Lipinski definition) is 1. The number of likely N-dealkylation sites (N-methyl/N-ethyl adjacent to an activating group) is 1. The molecule has 0 amide bonds. The van der Waals surface area contributed by atoms with Gasteiger partial charge in [0.05, 0.1) is 5.92 Å². The Morgan fingerprint density at radius 3 is 2.96 bits per heavy atom. The molecule has 2 aliphatic rings. The van der Waals surface area contributed by atoms with Crippen molar-refractivity contribution in [3.8, 4) is 12.3 Å². The lowest BCUT2D eigenvalue weighted by Gasteiger charge is -2.27. The molecule has 1 fully saturated rings. The summed E-state index contributed by atoms with van der Waals surface area (Å²) < 4.78 is 0. The van der Waals surface area contributed by atoms with Crippen LogP contribution in [-0.2, 0) is 0 Å². The van der Waals surface area contributed by atoms with E-state index in [2.05, 4.69) is 47.9 Å². The molecule has 0 spiro atoms. The molecule has 0 radical (unpaired) electrons. The first-order valence-corrected chi connectivity index (χ1v) is 8.66. The van der Waals surface area contributed by atoms with E-state index in [-0.39, 0.29) is 5.92 Å². The lowest BCUT2D eigenvalue weighted by atomic mass is 9.97. The van der Waals surface area contributed by atoms with Gasteiger partial charge in [-0.2, -0.15) is 0 Å². The Balaban J connectivity index is 1.67. The number of fused-ring (bicyclic) bond motifs is 3. The van der Waals surface area contributed by atoms with Crippen molar-refractivity contribution in [2.24, 2.45) is 5.92 Å². The van der Waals surface area contributed by atoms with Crippen LogP contribution in [0, 0.1) is 30.6 Å². The zero-order valence-corrected chi connectivity index (χ0v) is 14.3. The first kappa shape index (κ1) is 16.1. The normalized spacial score (nSPS) is 24.1. The van der Waals surface area contributed by atoms with Crippen LogP contribution in [0.3, 0.4) is 0 Å². The second-order valence-electron chi connectivity index (χ2n) is 7.09. The number of benzene rings is 1. The Morgan fingerprint density at radius 1 is 1.39 bits per heavy atom. The quantitative estimate of drug-likeness (QED) is 0.496. The van der Waals surface area contributed by atoms with Gasteiger partial charge in [-0.3, -0.25) is 0 Å². The van der Waals surface area contributed by atoms with Crippen LogP contribution in [0.15, 0.2) is 18.2 Å². The number of hydrogen-bond acceptors (Lipinski definition) is 3. The monoisotopic (exact) mass is 309 g/mol. The third-order valence-electron chi connectivity index (χ3n) is 5.34. The molecule has 1 aromatic rings. The Kier molecular flexibility index (Phi) is 4.73. The van der Waals surface area contributed by atoms with Crippen LogP contribution in [0.5, 0.6) is 0 Å². The van der Waals surface area contributed by atoms with Crippen LogP contribution < -0.4 is 4.90 Å². The summed E-state index contributed by atoms with van der Waals surface area (Å²) in [5.41, 5.74) is 4.35. The van der Waals surface area contributed by atoms with Crippen LogP contribution in [0.4, 0.5) is 5.69 Å². The zero-order chi connectivity index (χ0) is 16.4. The molecule has 2 heterocycles. The van der Waals surface area contributed by atoms with Crippen molar-refractivity contribution in [2.75, 3.05) is 31.6 Å². The van der Waals surface area contributed by atoms with E-state index in [0.29, 0.717) is 12.0 Å². The number of aryl methyl sites for hydroxylation is 1. The number of likely N-dealkylation sites (tertiary alicyclic amines) is 1. The zero-order valence-electron chi connectivity index (χ0n) is 14.3. The molecule has 1 N–H and O–H groups in total. The molecule has 3 unspecified atom stereocenters. The highest BCUT2D eigenvalue weighted by Gasteiger charge is 2.43. The van der Waals surface area contributed by atoms with Gasteiger partial charge in [0.1, 0.15) is 0 Å². The van der Waals surface area contributed by atoms with Gasteiger partial charge in [-0.15, -0.1) is 6.42 Å². The number of rotatable bonds is 6. The number of terminal acetylenes is 1. The fourth-order valence-corrected chi connectivity index (χ4v) is 4.16. The molecule has 1 aromatic carbocycles. The standard InChI is InChI=1S/C20H27N3/c1-4-16(12-21)7-5-6-10-23-19-9-8-15(2)11-17(19)18-13-22(3)14-20(18)23/h1,8-9,11-12,16,18,20-21H,5-7,10,13-14H2,2-3H3. The lowest BCUT2D eigenvalue weighted by molar-refractivity contribution is 0.402. The third-order valence-corrected chi connectivity index (χ3v) is 5.34. The van der Waals surface area contributed by atoms with Crippen LogP contribution >= 0.6 is 0 Å². The molecular formula is C20H27N3. The highest BCUT2D eigenvalue weighted by molar-refractivity contribution is 5.64. The highest BCUT2D eigenvalue weighted by atomic mass is 15.3. The number of unbranched alkanes of at least 4 members (excludes halogenated alkanes) is 1. The van der Waals surface area contributed by atoms with E-state index in [1.165, 1.54) is 24.0 Å². The summed E-state index contributed by atoms with van der Waals surface area (Å²) >= 11 is 0. The summed E-state index contributed by atoms with van der Waals surface area (Å²) in [6, 6.07) is 7.56. The van der Waals surface area contributed by atoms with E-state index in [1.807, 2.05) is 0 Å². The summed E-state index contributed by atoms with van der Waals surface area (Å²) in [7, 11) is 2.23. The maximum Gasteiger partial charge on any atom is 0.0546 e. The number of anilines is 1. The molecule has 0 bridgehead atoms. The van der Waals surface area contributed by atoms with Crippen molar-refractivity contribution in [1.29, 1.82) is 5.41 Å². The minimum absolute atomic E-state index is 0.00822. The van der Waals surface area contributed by atoms with Crippen molar-refractivity contribution in [2.45, 2.75) is 38.1 Å². The second kappa shape index (κ2) is 6.76. The Bertz CT molecular complexity index is 616. The number of nitrogens with one attached hydrogen (secondary N) is 1. The largest absolute Gasteiger partial charge is 0.366 e. The van der Waals surface area contributed by atoms with Crippen LogP contribution in [0.1, 0.15) is 36.3 Å². The van der Waals surface area contributed by atoms with Crippen LogP contribution in [0.25, 0.3) is 0 Å². The third kappa shape index (κ3) is 3.14. The molecule has 23 heavy (non-hydrogen) atoms. The van der Waals surface area contributed by atoms with E-state index in [0.717, 1.165) is 32.4 Å². The fourth-order valence-electron chi connectivity index (χ4n) is 4.16. The van der Waals surface area contributed by atoms with E-state index < -0.39 is 0 Å². The van der Waals surface area contributed by atoms with Crippen molar-refractivity contribution < 1.29 is 0 Å². The SMILES string of the molecule is C#CC(C=N)CCCCN1c2ccc(C)cc2C2CN(C)CC21. The first-order valence-electron chi connectivity index (χ1n) is 8.66. The summed E-state index contributed by atoms with van der Waals surface area (Å²) in [6.07, 6.45) is 10.0. The fraction of sp³-hybridized carbons (Fsp3) is 0.550. The molecule has 0 aromatic heterocycles. The van der Waals surface area contributed by atoms with Crippen molar-refractivity contribution >= 4 is 11.9 Å². The minimum atomic E-state index is 0.00822. The average molecular weight is 309 g/mol. The topological polar surface area (TPSA) is 30.3 Å². The molecule has 3 nitrogen and oxygen atoms in total. The second-order valence-corrected chi connectivity index (χ2v) is 7.09. The molecule has 1 saturated heterocycles. The first-order chi connectivity index (χ1) is 11.1. The summed E-state index contributed by atoms with van der Waals surface area (Å²) in [6.45, 7) is 5.62. The summed E-state index contributed by atoms with van der Waals surface area (Å²) in [5, 5.41) is 7.31. The molecule has 3 rings (SSSR count). The molecule has 3 heteroatoms. The predicted molar refractivity (Wildman–Crippen MR) is 97.5 cm³/mol. The van der Waals surface area contributed by atoms with Gasteiger partial charge in [0.25, 0.3) is 0 Å².